The van der Waals surface area contributed by atoms with E-state index in [2.05, 4.69) is 58.9 Å². The first kappa shape index (κ1) is 88.5. The van der Waals surface area contributed by atoms with Crippen LogP contribution in [0.15, 0.2) is 24.3 Å². The molecule has 17 nitrogen and oxygen atoms in total. The normalized spacial score (nSPS) is 14.5. The summed E-state index contributed by atoms with van der Waals surface area (Å²) >= 11 is 0. The standard InChI is InChI=1S/C72H136O17P2/c1-6-10-13-16-19-22-23-24-25-29-32-37-41-46-51-56-70(75)83-62-68(89-72(77)58-53-48-43-38-33-30-27-26-28-31-36-39-44-49-54-65(5)9-4)64-87-91(80,81)85-60-66(73)59-84-90(78,79)86-63-67(88-71(76)57-52-47-42-35-21-18-15-12-8-3)61-82-69(74)55-50-45-40-34-20-17-14-11-7-2/h22-25,65-68,73H,6-21,26-64H2,1-5H3,(H,78,79)(H,80,81)/b23-22-,25-24-/t65?,66-,67+,68+/m0/s1. The molecule has 0 aliphatic carbocycles. The van der Waals surface area contributed by atoms with Crippen LogP contribution in [0.25, 0.3) is 0 Å². The average Bonchev–Trinajstić information content (AvgIpc) is 3.63. The maximum absolute atomic E-state index is 13.0. The summed E-state index contributed by atoms with van der Waals surface area (Å²) in [6, 6.07) is 0. The van der Waals surface area contributed by atoms with Gasteiger partial charge in [0.15, 0.2) is 12.2 Å². The van der Waals surface area contributed by atoms with Crippen LogP contribution in [0.2, 0.25) is 0 Å². The predicted octanol–water partition coefficient (Wildman–Crippen LogP) is 20.5. The van der Waals surface area contributed by atoms with Crippen molar-refractivity contribution in [3.8, 4) is 0 Å². The molecule has 0 saturated carbocycles. The summed E-state index contributed by atoms with van der Waals surface area (Å²) in [5.74, 6) is -1.31. The van der Waals surface area contributed by atoms with E-state index in [9.17, 15) is 43.2 Å². The third kappa shape index (κ3) is 64.6. The van der Waals surface area contributed by atoms with Crippen LogP contribution in [0.1, 0.15) is 349 Å². The quantitative estimate of drug-likeness (QED) is 0.0169. The summed E-state index contributed by atoms with van der Waals surface area (Å²) in [7, 11) is -9.91. The van der Waals surface area contributed by atoms with Crippen molar-refractivity contribution in [3.63, 3.8) is 0 Å². The van der Waals surface area contributed by atoms with Crippen LogP contribution in [-0.2, 0) is 65.4 Å². The van der Waals surface area contributed by atoms with Crippen molar-refractivity contribution in [3.05, 3.63) is 24.3 Å². The lowest BCUT2D eigenvalue weighted by molar-refractivity contribution is -0.161. The molecular formula is C72H136O17P2. The topological polar surface area (TPSA) is 237 Å². The lowest BCUT2D eigenvalue weighted by Gasteiger charge is -2.21. The van der Waals surface area contributed by atoms with Crippen molar-refractivity contribution in [2.75, 3.05) is 39.6 Å². The van der Waals surface area contributed by atoms with E-state index in [1.807, 2.05) is 0 Å². The molecule has 536 valence electrons. The zero-order valence-corrected chi connectivity index (χ0v) is 60.3. The molecule has 6 atom stereocenters. The minimum absolute atomic E-state index is 0.101. The zero-order chi connectivity index (χ0) is 67.0. The van der Waals surface area contributed by atoms with Gasteiger partial charge in [0.2, 0.25) is 0 Å². The molecule has 0 bridgehead atoms. The van der Waals surface area contributed by atoms with Crippen LogP contribution in [0.3, 0.4) is 0 Å². The Morgan fingerprint density at radius 3 is 0.934 bits per heavy atom. The number of hydrogen-bond acceptors (Lipinski definition) is 15. The number of phosphoric acid groups is 2. The van der Waals surface area contributed by atoms with Crippen molar-refractivity contribution in [1.29, 1.82) is 0 Å². The number of aliphatic hydroxyl groups excluding tert-OH is 1. The maximum atomic E-state index is 13.0. The van der Waals surface area contributed by atoms with E-state index in [1.54, 1.807) is 0 Å². The van der Waals surface area contributed by atoms with Gasteiger partial charge in [0.1, 0.15) is 19.3 Å². The van der Waals surface area contributed by atoms with Gasteiger partial charge in [0.25, 0.3) is 0 Å². The molecule has 0 fully saturated rings. The Kier molecular flexibility index (Phi) is 63.1. The van der Waals surface area contributed by atoms with Crippen molar-refractivity contribution >= 4 is 39.5 Å². The summed E-state index contributed by atoms with van der Waals surface area (Å²) in [5, 5.41) is 10.6. The van der Waals surface area contributed by atoms with Crippen LogP contribution in [0, 0.1) is 5.92 Å². The first-order valence-electron chi connectivity index (χ1n) is 37.0. The summed E-state index contributed by atoms with van der Waals surface area (Å²) in [6.45, 7) is 7.21. The molecule has 0 radical (unpaired) electrons. The molecular weight excluding hydrogens is 1200 g/mol. The van der Waals surface area contributed by atoms with Gasteiger partial charge in [0, 0.05) is 25.7 Å². The Morgan fingerprint density at radius 1 is 0.352 bits per heavy atom. The summed E-state index contributed by atoms with van der Waals surface area (Å²) in [5.41, 5.74) is 0. The van der Waals surface area contributed by atoms with Crippen LogP contribution in [-0.4, -0.2) is 96.7 Å². The number of carbonyl (C=O) groups is 4. The Hall–Kier alpha value is -2.46. The lowest BCUT2D eigenvalue weighted by atomic mass is 9.99. The molecule has 0 aliphatic rings. The minimum atomic E-state index is -4.96. The highest BCUT2D eigenvalue weighted by atomic mass is 31.2. The molecule has 3 unspecified atom stereocenters. The van der Waals surface area contributed by atoms with Gasteiger partial charge in [0.05, 0.1) is 26.4 Å². The van der Waals surface area contributed by atoms with E-state index >= 15 is 0 Å². The SMILES string of the molecule is CCCCCC/C=C\C=C/CCCCCCCC(=O)OC[C@H](COP(=O)(O)OC[C@@H](O)COP(=O)(O)OC[C@@H](COC(=O)CCCCCCCCCCC)OC(=O)CCCCCCCCCCC)OC(=O)CCCCCCCCCCCCCCCCC(C)CC. The Labute approximate surface area is 554 Å². The highest BCUT2D eigenvalue weighted by Crippen LogP contribution is 2.45. The van der Waals surface area contributed by atoms with Gasteiger partial charge >= 0.3 is 39.5 Å². The number of unbranched alkanes of at least 4 members (excludes halogenated alkanes) is 38. The van der Waals surface area contributed by atoms with Crippen molar-refractivity contribution in [1.82, 2.24) is 0 Å². The van der Waals surface area contributed by atoms with Gasteiger partial charge < -0.3 is 33.8 Å². The molecule has 3 N–H and O–H groups in total. The fraction of sp³-hybridized carbons (Fsp3) is 0.889. The van der Waals surface area contributed by atoms with Crippen molar-refractivity contribution in [2.24, 2.45) is 5.92 Å². The van der Waals surface area contributed by atoms with Gasteiger partial charge in [-0.25, -0.2) is 9.13 Å². The number of allylic oxidation sites excluding steroid dienone is 4. The van der Waals surface area contributed by atoms with Crippen LogP contribution in [0.4, 0.5) is 0 Å². The fourth-order valence-electron chi connectivity index (χ4n) is 10.4. The number of carbonyl (C=O) groups excluding carboxylic acids is 4. The number of rotatable bonds is 70. The van der Waals surface area contributed by atoms with E-state index < -0.39 is 97.5 Å². The highest BCUT2D eigenvalue weighted by molar-refractivity contribution is 7.47. The Balaban J connectivity index is 5.24. The third-order valence-electron chi connectivity index (χ3n) is 16.5. The van der Waals surface area contributed by atoms with Crippen LogP contribution < -0.4 is 0 Å². The molecule has 0 aromatic carbocycles. The number of esters is 4. The van der Waals surface area contributed by atoms with Gasteiger partial charge in [-0.3, -0.25) is 37.3 Å². The molecule has 0 aliphatic heterocycles. The minimum Gasteiger partial charge on any atom is -0.462 e. The molecule has 0 aromatic heterocycles. The summed E-state index contributed by atoms with van der Waals surface area (Å²) < 4.78 is 68.2. The van der Waals surface area contributed by atoms with E-state index in [0.29, 0.717) is 25.7 Å². The summed E-state index contributed by atoms with van der Waals surface area (Å²) in [4.78, 5) is 72.5. The predicted molar refractivity (Wildman–Crippen MR) is 368 cm³/mol. The highest BCUT2D eigenvalue weighted by Gasteiger charge is 2.30. The summed E-state index contributed by atoms with van der Waals surface area (Å²) in [6.07, 6.45) is 54.9. The monoisotopic (exact) mass is 1330 g/mol. The fourth-order valence-corrected chi connectivity index (χ4v) is 12.0. The van der Waals surface area contributed by atoms with E-state index in [0.717, 1.165) is 115 Å². The van der Waals surface area contributed by atoms with Crippen molar-refractivity contribution < 1.29 is 80.2 Å². The second kappa shape index (κ2) is 64.9. The van der Waals surface area contributed by atoms with Crippen LogP contribution in [0.5, 0.6) is 0 Å². The average molecular weight is 1340 g/mol. The number of hydrogen-bond donors (Lipinski definition) is 3. The Bertz CT molecular complexity index is 1850. The molecule has 0 amide bonds. The smallest absolute Gasteiger partial charge is 0.462 e. The van der Waals surface area contributed by atoms with E-state index in [4.69, 9.17) is 37.0 Å². The number of ether oxygens (including phenoxy) is 4. The second-order valence-corrected chi connectivity index (χ2v) is 28.4. The van der Waals surface area contributed by atoms with Crippen LogP contribution >= 0.6 is 15.6 Å². The number of aliphatic hydroxyl groups is 1. The largest absolute Gasteiger partial charge is 0.472 e. The number of phosphoric ester groups is 2. The first-order chi connectivity index (χ1) is 44.1. The lowest BCUT2D eigenvalue weighted by Crippen LogP contribution is -2.30. The van der Waals surface area contributed by atoms with E-state index in [-0.39, 0.29) is 25.7 Å². The van der Waals surface area contributed by atoms with Gasteiger partial charge in [-0.2, -0.15) is 0 Å². The van der Waals surface area contributed by atoms with E-state index in [1.165, 1.54) is 154 Å². The molecule has 91 heavy (non-hydrogen) atoms. The molecule has 0 aromatic rings. The molecule has 0 heterocycles. The molecule has 19 heteroatoms. The second-order valence-electron chi connectivity index (χ2n) is 25.5. The molecule has 0 rings (SSSR count). The van der Waals surface area contributed by atoms with Gasteiger partial charge in [-0.15, -0.1) is 0 Å². The first-order valence-corrected chi connectivity index (χ1v) is 40.0. The third-order valence-corrected chi connectivity index (χ3v) is 18.4. The van der Waals surface area contributed by atoms with Gasteiger partial charge in [-0.1, -0.05) is 296 Å². The Morgan fingerprint density at radius 2 is 0.615 bits per heavy atom. The zero-order valence-electron chi connectivity index (χ0n) is 58.5. The molecule has 0 spiro atoms. The maximum Gasteiger partial charge on any atom is 0.472 e. The van der Waals surface area contributed by atoms with Gasteiger partial charge in [-0.05, 0) is 57.3 Å². The molecule has 0 saturated heterocycles. The van der Waals surface area contributed by atoms with Crippen molar-refractivity contribution in [2.45, 2.75) is 368 Å².